The van der Waals surface area contributed by atoms with Gasteiger partial charge in [-0.1, -0.05) is 11.6 Å². The molecule has 0 saturated carbocycles. The summed E-state index contributed by atoms with van der Waals surface area (Å²) in [6.07, 6.45) is 1.50. The highest BCUT2D eigenvalue weighted by Crippen LogP contribution is 2.20. The van der Waals surface area contributed by atoms with Crippen molar-refractivity contribution < 1.29 is 14.3 Å². The minimum absolute atomic E-state index is 0. The van der Waals surface area contributed by atoms with Gasteiger partial charge in [0.05, 0.1) is 10.9 Å². The average molecular weight is 553 g/mol. The van der Waals surface area contributed by atoms with Crippen LogP contribution in [-0.2, 0) is 16.9 Å². The van der Waals surface area contributed by atoms with Gasteiger partial charge in [0.15, 0.2) is 0 Å². The van der Waals surface area contributed by atoms with Crippen molar-refractivity contribution in [3.8, 4) is 0 Å². The lowest BCUT2D eigenvalue weighted by Crippen LogP contribution is -2.52. The van der Waals surface area contributed by atoms with E-state index in [0.717, 1.165) is 49.4 Å². The number of rotatable bonds is 8. The van der Waals surface area contributed by atoms with E-state index in [4.69, 9.17) is 11.6 Å². The van der Waals surface area contributed by atoms with Crippen LogP contribution in [0.4, 0.5) is 10.1 Å². The zero-order chi connectivity index (χ0) is 26.0. The van der Waals surface area contributed by atoms with Gasteiger partial charge in [-0.05, 0) is 75.7 Å². The van der Waals surface area contributed by atoms with Crippen molar-refractivity contribution in [3.05, 3.63) is 74.1 Å². The van der Waals surface area contributed by atoms with Gasteiger partial charge < -0.3 is 10.0 Å². The van der Waals surface area contributed by atoms with Crippen molar-refractivity contribution in [1.82, 2.24) is 14.0 Å². The quantitative estimate of drug-likeness (QED) is 0.427. The Morgan fingerprint density at radius 1 is 1.00 bits per heavy atom. The second kappa shape index (κ2) is 11.7. The number of carboxylic acid groups (broad SMARTS) is 1. The van der Waals surface area contributed by atoms with Crippen LogP contribution in [0.3, 0.4) is 0 Å². The van der Waals surface area contributed by atoms with Crippen LogP contribution in [-0.4, -0.2) is 57.8 Å². The molecule has 1 aliphatic heterocycles. The number of nitrogens with zero attached hydrogens (tertiary/aromatic N) is 4. The fourth-order valence-corrected chi connectivity index (χ4v) is 4.80. The van der Waals surface area contributed by atoms with Gasteiger partial charge in [0.1, 0.15) is 11.4 Å². The highest BCUT2D eigenvalue weighted by Gasteiger charge is 2.34. The number of aliphatic carboxylic acids is 1. The molecule has 4 rings (SSSR count). The van der Waals surface area contributed by atoms with Crippen molar-refractivity contribution in [3.63, 3.8) is 0 Å². The molecule has 8 nitrogen and oxygen atoms in total. The molecule has 0 spiro atoms. The number of fused-ring (bicyclic) bond motifs is 1. The second-order valence-electron chi connectivity index (χ2n) is 9.61. The molecule has 3 aromatic rings. The Bertz CT molecular complexity index is 1380. The Hall–Kier alpha value is -2.88. The molecule has 0 bridgehead atoms. The van der Waals surface area contributed by atoms with Gasteiger partial charge in [0.2, 0.25) is 0 Å². The fourth-order valence-electron chi connectivity index (χ4n) is 4.63. The van der Waals surface area contributed by atoms with Crippen molar-refractivity contribution in [1.29, 1.82) is 0 Å². The first kappa shape index (κ1) is 28.7. The Morgan fingerprint density at radius 3 is 2.24 bits per heavy atom. The van der Waals surface area contributed by atoms with E-state index in [1.54, 1.807) is 24.3 Å². The molecule has 37 heavy (non-hydrogen) atoms. The molecule has 200 valence electrons. The summed E-state index contributed by atoms with van der Waals surface area (Å²) in [6.45, 7) is 7.34. The minimum atomic E-state index is -1.70. The largest absolute Gasteiger partial charge is 0.480 e. The molecular weight excluding hydrogens is 522 g/mol. The summed E-state index contributed by atoms with van der Waals surface area (Å²) in [5.74, 6) is -1.50. The zero-order valence-electron chi connectivity index (χ0n) is 20.8. The van der Waals surface area contributed by atoms with Gasteiger partial charge in [-0.3, -0.25) is 14.3 Å². The van der Waals surface area contributed by atoms with Gasteiger partial charge in [-0.25, -0.2) is 18.5 Å². The molecule has 0 atom stereocenters. The minimum Gasteiger partial charge on any atom is -0.480 e. The second-order valence-corrected chi connectivity index (χ2v) is 10.0. The maximum Gasteiger partial charge on any atom is 0.332 e. The zero-order valence-corrected chi connectivity index (χ0v) is 22.4. The number of anilines is 1. The van der Waals surface area contributed by atoms with Crippen LogP contribution < -0.4 is 16.1 Å². The molecule has 0 aliphatic carbocycles. The molecule has 1 fully saturated rings. The molecule has 2 aromatic carbocycles. The maximum absolute atomic E-state index is 13.3. The van der Waals surface area contributed by atoms with Crippen LogP contribution in [0.2, 0.25) is 5.02 Å². The summed E-state index contributed by atoms with van der Waals surface area (Å²) in [5, 5.41) is 10.3. The number of benzene rings is 2. The molecular formula is C26H31Cl2FN4O4. The van der Waals surface area contributed by atoms with E-state index in [1.165, 1.54) is 36.6 Å². The molecule has 0 amide bonds. The van der Waals surface area contributed by atoms with E-state index in [2.05, 4.69) is 9.80 Å². The number of aromatic nitrogens is 2. The highest BCUT2D eigenvalue weighted by molar-refractivity contribution is 6.31. The number of carbonyl (C=O) groups is 1. The van der Waals surface area contributed by atoms with Gasteiger partial charge >= 0.3 is 11.7 Å². The first-order chi connectivity index (χ1) is 17.1. The summed E-state index contributed by atoms with van der Waals surface area (Å²) < 4.78 is 15.5. The highest BCUT2D eigenvalue weighted by atomic mass is 35.5. The Morgan fingerprint density at radius 2 is 1.62 bits per heavy atom. The molecule has 1 saturated heterocycles. The van der Waals surface area contributed by atoms with Gasteiger partial charge in [0, 0.05) is 43.4 Å². The Kier molecular flexibility index (Phi) is 9.05. The number of unbranched alkanes of at least 4 members (excludes halogenated alkanes) is 1. The van der Waals surface area contributed by atoms with Crippen LogP contribution in [0.1, 0.15) is 26.7 Å². The molecule has 1 aliphatic rings. The molecule has 0 unspecified atom stereocenters. The third-order valence-electron chi connectivity index (χ3n) is 6.86. The third-order valence-corrected chi connectivity index (χ3v) is 7.09. The van der Waals surface area contributed by atoms with Crippen LogP contribution in [0.5, 0.6) is 0 Å². The number of carboxylic acids is 1. The SMILES string of the molecule is CC(C)(C(=O)O)n1c(=O)c2ccc(Cl)cc2n(CCCCN2CCN(c3ccc(F)cc3)CC2)c1=O.Cl. The summed E-state index contributed by atoms with van der Waals surface area (Å²) in [7, 11) is 0. The molecule has 1 aromatic heterocycles. The van der Waals surface area contributed by atoms with E-state index in [1.807, 2.05) is 0 Å². The number of hydrogen-bond donors (Lipinski definition) is 1. The van der Waals surface area contributed by atoms with E-state index in [9.17, 15) is 23.9 Å². The van der Waals surface area contributed by atoms with Gasteiger partial charge in [-0.15, -0.1) is 12.4 Å². The summed E-state index contributed by atoms with van der Waals surface area (Å²) in [6, 6.07) is 11.2. The summed E-state index contributed by atoms with van der Waals surface area (Å²) in [5.41, 5.74) is -1.58. The van der Waals surface area contributed by atoms with E-state index >= 15 is 0 Å². The average Bonchev–Trinajstić information content (AvgIpc) is 2.84. The fraction of sp³-hybridized carbons (Fsp3) is 0.423. The predicted octanol–water partition coefficient (Wildman–Crippen LogP) is 3.80. The topological polar surface area (TPSA) is 87.8 Å². The van der Waals surface area contributed by atoms with Crippen molar-refractivity contribution in [2.24, 2.45) is 0 Å². The monoisotopic (exact) mass is 552 g/mol. The first-order valence-corrected chi connectivity index (χ1v) is 12.4. The van der Waals surface area contributed by atoms with Gasteiger partial charge in [0.25, 0.3) is 5.56 Å². The molecule has 11 heteroatoms. The molecule has 1 N–H and O–H groups in total. The lowest BCUT2D eigenvalue weighted by molar-refractivity contribution is -0.146. The lowest BCUT2D eigenvalue weighted by Gasteiger charge is -2.36. The van der Waals surface area contributed by atoms with Crippen LogP contribution >= 0.6 is 24.0 Å². The van der Waals surface area contributed by atoms with Crippen LogP contribution in [0, 0.1) is 5.82 Å². The smallest absolute Gasteiger partial charge is 0.332 e. The Balaban J connectivity index is 0.00000380. The van der Waals surface area contributed by atoms with E-state index in [-0.39, 0.29) is 23.6 Å². The Labute approximate surface area is 225 Å². The first-order valence-electron chi connectivity index (χ1n) is 12.0. The van der Waals surface area contributed by atoms with Crippen molar-refractivity contribution in [2.75, 3.05) is 37.6 Å². The van der Waals surface area contributed by atoms with Crippen LogP contribution in [0.25, 0.3) is 10.9 Å². The maximum atomic E-state index is 13.3. The standard InChI is InChI=1S/C26H30ClFN4O4.ClH/c1-26(2,24(34)35)32-23(33)21-10-5-18(27)17-22(21)31(25(32)36)12-4-3-11-29-13-15-30(16-14-29)20-8-6-19(28)7-9-20;/h5-10,17H,3-4,11-16H2,1-2H3,(H,34,35);1H. The van der Waals surface area contributed by atoms with Gasteiger partial charge in [-0.2, -0.15) is 0 Å². The lowest BCUT2D eigenvalue weighted by atomic mass is 10.1. The van der Waals surface area contributed by atoms with Crippen molar-refractivity contribution >= 4 is 46.6 Å². The number of piperazine rings is 1. The van der Waals surface area contributed by atoms with E-state index < -0.39 is 22.8 Å². The predicted molar refractivity (Wildman–Crippen MR) is 146 cm³/mol. The molecule has 2 heterocycles. The number of hydrogen-bond acceptors (Lipinski definition) is 5. The summed E-state index contributed by atoms with van der Waals surface area (Å²) >= 11 is 6.15. The van der Waals surface area contributed by atoms with Crippen molar-refractivity contribution in [2.45, 2.75) is 38.8 Å². The van der Waals surface area contributed by atoms with Crippen LogP contribution in [0.15, 0.2) is 52.1 Å². The normalized spacial score (nSPS) is 14.5. The third kappa shape index (κ3) is 6.00. The number of halogens is 3. The van der Waals surface area contributed by atoms with E-state index in [0.29, 0.717) is 23.5 Å². The summed E-state index contributed by atoms with van der Waals surface area (Å²) in [4.78, 5) is 42.8. The number of aryl methyl sites for hydroxylation is 1. The molecule has 0 radical (unpaired) electrons.